The molecular formula is C24H31ClSi. The van der Waals surface area contributed by atoms with E-state index in [-0.39, 0.29) is 5.41 Å². The van der Waals surface area contributed by atoms with Gasteiger partial charge in [0.25, 0.3) is 0 Å². The molecule has 3 rings (SSSR count). The average molecular weight is 383 g/mol. The highest BCUT2D eigenvalue weighted by atomic mass is 35.6. The molecule has 0 aromatic heterocycles. The van der Waals surface area contributed by atoms with E-state index in [4.69, 9.17) is 11.1 Å². The van der Waals surface area contributed by atoms with Gasteiger partial charge in [0.1, 0.15) is 0 Å². The first-order chi connectivity index (χ1) is 12.1. The second kappa shape index (κ2) is 6.69. The zero-order valence-electron chi connectivity index (χ0n) is 17.2. The summed E-state index contributed by atoms with van der Waals surface area (Å²) in [5.74, 6) is 0. The van der Waals surface area contributed by atoms with Crippen molar-refractivity contribution in [3.05, 3.63) is 64.2 Å². The number of fused-ring (bicyclic) bond motifs is 1. The number of hydrogen-bond donors (Lipinski definition) is 0. The second-order valence-corrected chi connectivity index (χ2v) is 15.8. The summed E-state index contributed by atoms with van der Waals surface area (Å²) >= 11 is 7.00. The van der Waals surface area contributed by atoms with E-state index in [1.807, 2.05) is 0 Å². The third-order valence-corrected chi connectivity index (χ3v) is 8.35. The van der Waals surface area contributed by atoms with E-state index in [1.54, 1.807) is 0 Å². The Bertz CT molecular complexity index is 849. The van der Waals surface area contributed by atoms with Crippen LogP contribution in [0.15, 0.2) is 42.0 Å². The summed E-state index contributed by atoms with van der Waals surface area (Å²) in [4.78, 5) is 0. The molecule has 0 radical (unpaired) electrons. The molecule has 26 heavy (non-hydrogen) atoms. The minimum Gasteiger partial charge on any atom is -0.167 e. The van der Waals surface area contributed by atoms with E-state index in [1.165, 1.54) is 39.0 Å². The zero-order valence-corrected chi connectivity index (χ0v) is 19.0. The van der Waals surface area contributed by atoms with Crippen LogP contribution in [0.4, 0.5) is 0 Å². The lowest BCUT2D eigenvalue weighted by molar-refractivity contribution is 0.582. The first kappa shape index (κ1) is 19.4. The van der Waals surface area contributed by atoms with Gasteiger partial charge in [-0.2, -0.15) is 11.1 Å². The van der Waals surface area contributed by atoms with Crippen molar-refractivity contribution in [2.75, 3.05) is 0 Å². The standard InChI is InChI=1S/C24H31ClSi/c1-8-18-21(24(3,4)5)15-20-19(14-16(2)23(20)26(6,7)25)22(18)17-12-10-9-11-13-17/h9-15,23H,8H2,1-7H3. The largest absolute Gasteiger partial charge is 0.167 e. The maximum atomic E-state index is 7.00. The van der Waals surface area contributed by atoms with Crippen LogP contribution in [-0.4, -0.2) is 7.38 Å². The van der Waals surface area contributed by atoms with E-state index in [0.29, 0.717) is 5.54 Å². The first-order valence-corrected chi connectivity index (χ1v) is 13.8. The van der Waals surface area contributed by atoms with Crippen LogP contribution in [0.3, 0.4) is 0 Å². The van der Waals surface area contributed by atoms with E-state index >= 15 is 0 Å². The van der Waals surface area contributed by atoms with Gasteiger partial charge >= 0.3 is 0 Å². The lowest BCUT2D eigenvalue weighted by Gasteiger charge is -2.31. The fourth-order valence-corrected chi connectivity index (χ4v) is 7.61. The summed E-state index contributed by atoms with van der Waals surface area (Å²) in [6.45, 7) is 16.1. The normalized spacial score (nSPS) is 17.2. The number of hydrogen-bond acceptors (Lipinski definition) is 0. The Balaban J connectivity index is 2.42. The molecule has 1 aliphatic carbocycles. The lowest BCUT2D eigenvalue weighted by atomic mass is 9.77. The first-order valence-electron chi connectivity index (χ1n) is 9.68. The smallest absolute Gasteiger partial charge is 0.161 e. The molecule has 0 fully saturated rings. The van der Waals surface area contributed by atoms with E-state index < -0.39 is 7.38 Å². The molecule has 0 bridgehead atoms. The maximum Gasteiger partial charge on any atom is 0.161 e. The highest BCUT2D eigenvalue weighted by Gasteiger charge is 2.39. The van der Waals surface area contributed by atoms with E-state index in [2.05, 4.69) is 90.2 Å². The fourth-order valence-electron chi connectivity index (χ4n) is 4.59. The molecule has 0 saturated carbocycles. The van der Waals surface area contributed by atoms with Crippen molar-refractivity contribution in [3.8, 4) is 11.1 Å². The van der Waals surface area contributed by atoms with Gasteiger partial charge in [0.2, 0.25) is 0 Å². The number of halogens is 1. The molecule has 0 aliphatic heterocycles. The quantitative estimate of drug-likeness (QED) is 0.376. The summed E-state index contributed by atoms with van der Waals surface area (Å²) < 4.78 is 0. The third kappa shape index (κ3) is 3.32. The molecule has 0 nitrogen and oxygen atoms in total. The Morgan fingerprint density at radius 1 is 1.08 bits per heavy atom. The van der Waals surface area contributed by atoms with Crippen molar-refractivity contribution in [2.24, 2.45) is 0 Å². The summed E-state index contributed by atoms with van der Waals surface area (Å²) in [6.07, 6.45) is 3.45. The minimum atomic E-state index is -1.87. The minimum absolute atomic E-state index is 0.114. The van der Waals surface area contributed by atoms with Crippen molar-refractivity contribution < 1.29 is 0 Å². The topological polar surface area (TPSA) is 0 Å². The molecule has 1 unspecified atom stereocenters. The summed E-state index contributed by atoms with van der Waals surface area (Å²) in [7, 11) is -1.87. The summed E-state index contributed by atoms with van der Waals surface area (Å²) in [5.41, 5.74) is 10.5. The van der Waals surface area contributed by atoms with Gasteiger partial charge in [0.05, 0.1) is 0 Å². The SMILES string of the molecule is CCc1c(C(C)(C)C)cc2c(c1-c1ccccc1)C=C(C)C2[Si](C)(C)Cl. The number of benzene rings is 2. The molecule has 0 spiro atoms. The van der Waals surface area contributed by atoms with Gasteiger partial charge in [0.15, 0.2) is 7.38 Å². The van der Waals surface area contributed by atoms with Gasteiger partial charge < -0.3 is 0 Å². The highest BCUT2D eigenvalue weighted by molar-refractivity contribution is 7.20. The third-order valence-electron chi connectivity index (χ3n) is 5.56. The molecule has 138 valence electrons. The zero-order chi connectivity index (χ0) is 19.3. The molecule has 0 saturated heterocycles. The van der Waals surface area contributed by atoms with Crippen LogP contribution in [0.1, 0.15) is 62.4 Å². The number of rotatable bonds is 3. The van der Waals surface area contributed by atoms with Crippen molar-refractivity contribution >= 4 is 24.5 Å². The molecule has 2 aromatic carbocycles. The highest BCUT2D eigenvalue weighted by Crippen LogP contribution is 2.49. The Kier molecular flexibility index (Phi) is 5.00. The fraction of sp³-hybridized carbons (Fsp3) is 0.417. The van der Waals surface area contributed by atoms with Gasteiger partial charge in [-0.3, -0.25) is 0 Å². The molecule has 0 heterocycles. The van der Waals surface area contributed by atoms with Gasteiger partial charge in [-0.15, -0.1) is 0 Å². The maximum absolute atomic E-state index is 7.00. The predicted octanol–water partition coefficient (Wildman–Crippen LogP) is 7.70. The van der Waals surface area contributed by atoms with Crippen LogP contribution in [0.5, 0.6) is 0 Å². The van der Waals surface area contributed by atoms with Gasteiger partial charge in [-0.05, 0) is 52.1 Å². The van der Waals surface area contributed by atoms with Gasteiger partial charge in [-0.1, -0.05) is 88.8 Å². The second-order valence-electron chi connectivity index (χ2n) is 9.14. The molecule has 1 aliphatic rings. The van der Waals surface area contributed by atoms with Gasteiger partial charge in [-0.25, -0.2) is 0 Å². The molecule has 0 amide bonds. The van der Waals surface area contributed by atoms with Crippen LogP contribution >= 0.6 is 11.1 Å². The Morgan fingerprint density at radius 2 is 1.69 bits per heavy atom. The van der Waals surface area contributed by atoms with E-state index in [0.717, 1.165) is 6.42 Å². The van der Waals surface area contributed by atoms with Crippen LogP contribution in [0.2, 0.25) is 13.1 Å². The van der Waals surface area contributed by atoms with Gasteiger partial charge in [0, 0.05) is 5.54 Å². The van der Waals surface area contributed by atoms with Crippen LogP contribution in [-0.2, 0) is 11.8 Å². The Labute approximate surface area is 165 Å². The monoisotopic (exact) mass is 382 g/mol. The summed E-state index contributed by atoms with van der Waals surface area (Å²) in [5, 5.41) is 0. The number of allylic oxidation sites excluding steroid dienone is 1. The molecule has 0 N–H and O–H groups in total. The van der Waals surface area contributed by atoms with Crippen molar-refractivity contribution in [3.63, 3.8) is 0 Å². The van der Waals surface area contributed by atoms with Crippen molar-refractivity contribution in [2.45, 2.75) is 65.1 Å². The van der Waals surface area contributed by atoms with E-state index in [9.17, 15) is 0 Å². The van der Waals surface area contributed by atoms with Crippen LogP contribution in [0, 0.1) is 0 Å². The molecule has 2 heteroatoms. The average Bonchev–Trinajstić information content (AvgIpc) is 2.88. The molecular weight excluding hydrogens is 352 g/mol. The van der Waals surface area contributed by atoms with Crippen LogP contribution < -0.4 is 0 Å². The van der Waals surface area contributed by atoms with Crippen molar-refractivity contribution in [1.82, 2.24) is 0 Å². The van der Waals surface area contributed by atoms with Crippen molar-refractivity contribution in [1.29, 1.82) is 0 Å². The molecule has 1 atom stereocenters. The van der Waals surface area contributed by atoms with Crippen LogP contribution in [0.25, 0.3) is 17.2 Å². The summed E-state index contributed by atoms with van der Waals surface area (Å²) in [6, 6.07) is 13.4. The Morgan fingerprint density at radius 3 is 2.19 bits per heavy atom. The lowest BCUT2D eigenvalue weighted by Crippen LogP contribution is -2.28. The predicted molar refractivity (Wildman–Crippen MR) is 120 cm³/mol. The Hall–Kier alpha value is -1.31. The molecule has 2 aromatic rings.